The molecule has 1 unspecified atom stereocenters. The van der Waals surface area contributed by atoms with E-state index < -0.39 is 0 Å². The molecule has 0 saturated carbocycles. The van der Waals surface area contributed by atoms with E-state index >= 15 is 0 Å². The highest BCUT2D eigenvalue weighted by molar-refractivity contribution is 6.30. The standard InChI is InChI=1S/C25H24ClN7O/c1-18-10-13-31(25-27-16-20(17-28-25)19-6-8-21(26)9-7-19)14-15-32(18)24(34)22-4-2-3-5-23(22)33-29-11-12-30-33/h2-9,11-12,16-18H,10,13-15H2,1H3. The largest absolute Gasteiger partial charge is 0.339 e. The molecule has 34 heavy (non-hydrogen) atoms. The summed E-state index contributed by atoms with van der Waals surface area (Å²) < 4.78 is 0. The Hall–Kier alpha value is -3.78. The van der Waals surface area contributed by atoms with Gasteiger partial charge in [0.15, 0.2) is 0 Å². The lowest BCUT2D eigenvalue weighted by molar-refractivity contribution is 0.0705. The number of para-hydroxylation sites is 1. The van der Waals surface area contributed by atoms with E-state index in [1.165, 1.54) is 4.80 Å². The Morgan fingerprint density at radius 1 is 0.912 bits per heavy atom. The molecule has 3 heterocycles. The van der Waals surface area contributed by atoms with Crippen LogP contribution in [0, 0.1) is 0 Å². The first-order chi connectivity index (χ1) is 16.6. The van der Waals surface area contributed by atoms with Crippen molar-refractivity contribution in [2.75, 3.05) is 24.5 Å². The number of nitrogens with zero attached hydrogens (tertiary/aromatic N) is 7. The second kappa shape index (κ2) is 9.61. The second-order valence-corrected chi connectivity index (χ2v) is 8.67. The average molecular weight is 474 g/mol. The number of hydrogen-bond acceptors (Lipinski definition) is 6. The van der Waals surface area contributed by atoms with Crippen LogP contribution in [0.2, 0.25) is 5.02 Å². The van der Waals surface area contributed by atoms with E-state index in [4.69, 9.17) is 11.6 Å². The molecule has 172 valence electrons. The van der Waals surface area contributed by atoms with Gasteiger partial charge in [0, 0.05) is 48.7 Å². The number of rotatable bonds is 4. The third-order valence-electron chi connectivity index (χ3n) is 6.09. The maximum atomic E-state index is 13.5. The molecule has 5 rings (SSSR count). The van der Waals surface area contributed by atoms with Gasteiger partial charge in [-0.3, -0.25) is 4.79 Å². The van der Waals surface area contributed by atoms with E-state index in [1.807, 2.05) is 65.8 Å². The summed E-state index contributed by atoms with van der Waals surface area (Å²) in [5.74, 6) is 0.640. The Labute approximate surface area is 202 Å². The predicted molar refractivity (Wildman–Crippen MR) is 131 cm³/mol. The summed E-state index contributed by atoms with van der Waals surface area (Å²) in [7, 11) is 0. The molecule has 1 aliphatic heterocycles. The van der Waals surface area contributed by atoms with Crippen LogP contribution < -0.4 is 4.90 Å². The smallest absolute Gasteiger partial charge is 0.256 e. The van der Waals surface area contributed by atoms with Gasteiger partial charge in [-0.05, 0) is 43.2 Å². The van der Waals surface area contributed by atoms with Gasteiger partial charge in [-0.2, -0.15) is 15.0 Å². The molecule has 1 saturated heterocycles. The number of carbonyl (C=O) groups excluding carboxylic acids is 1. The van der Waals surface area contributed by atoms with Crippen LogP contribution >= 0.6 is 11.6 Å². The van der Waals surface area contributed by atoms with E-state index in [9.17, 15) is 4.79 Å². The number of anilines is 1. The fourth-order valence-electron chi connectivity index (χ4n) is 4.16. The second-order valence-electron chi connectivity index (χ2n) is 8.24. The molecule has 2 aromatic heterocycles. The molecule has 0 bridgehead atoms. The number of halogens is 1. The van der Waals surface area contributed by atoms with Gasteiger partial charge in [0.2, 0.25) is 5.95 Å². The molecule has 1 aliphatic rings. The molecule has 0 radical (unpaired) electrons. The molecule has 1 amide bonds. The minimum absolute atomic E-state index is 0.0266. The first-order valence-electron chi connectivity index (χ1n) is 11.2. The third-order valence-corrected chi connectivity index (χ3v) is 6.34. The van der Waals surface area contributed by atoms with Crippen LogP contribution in [0.1, 0.15) is 23.7 Å². The minimum atomic E-state index is -0.0266. The van der Waals surface area contributed by atoms with Crippen LogP contribution in [0.4, 0.5) is 5.95 Å². The van der Waals surface area contributed by atoms with E-state index in [-0.39, 0.29) is 11.9 Å². The molecular formula is C25H24ClN7O. The Kier molecular flexibility index (Phi) is 6.22. The Bertz CT molecular complexity index is 1260. The zero-order chi connectivity index (χ0) is 23.5. The first-order valence-corrected chi connectivity index (χ1v) is 11.6. The summed E-state index contributed by atoms with van der Waals surface area (Å²) in [6, 6.07) is 15.1. The predicted octanol–water partition coefficient (Wildman–Crippen LogP) is 4.12. The van der Waals surface area contributed by atoms with Crippen LogP contribution in [0.25, 0.3) is 16.8 Å². The van der Waals surface area contributed by atoms with Gasteiger partial charge in [0.1, 0.15) is 0 Å². The lowest BCUT2D eigenvalue weighted by atomic mass is 10.1. The Morgan fingerprint density at radius 2 is 1.62 bits per heavy atom. The SMILES string of the molecule is CC1CCN(c2ncc(-c3ccc(Cl)cc3)cn2)CCN1C(=O)c1ccccc1-n1nccn1. The Morgan fingerprint density at radius 3 is 2.35 bits per heavy atom. The maximum Gasteiger partial charge on any atom is 0.256 e. The van der Waals surface area contributed by atoms with Crippen LogP contribution in [-0.4, -0.2) is 61.4 Å². The fourth-order valence-corrected chi connectivity index (χ4v) is 4.29. The highest BCUT2D eigenvalue weighted by atomic mass is 35.5. The quantitative estimate of drug-likeness (QED) is 0.443. The lowest BCUT2D eigenvalue weighted by Crippen LogP contribution is -2.40. The Balaban J connectivity index is 1.32. The van der Waals surface area contributed by atoms with Gasteiger partial charge in [-0.15, -0.1) is 0 Å². The van der Waals surface area contributed by atoms with E-state index in [0.29, 0.717) is 35.3 Å². The molecule has 4 aromatic rings. The number of benzene rings is 2. The van der Waals surface area contributed by atoms with Crippen molar-refractivity contribution in [3.8, 4) is 16.8 Å². The molecule has 0 spiro atoms. The summed E-state index contributed by atoms with van der Waals surface area (Å²) >= 11 is 5.99. The summed E-state index contributed by atoms with van der Waals surface area (Å²) in [6.45, 7) is 4.08. The number of amides is 1. The zero-order valence-electron chi connectivity index (χ0n) is 18.8. The van der Waals surface area contributed by atoms with Crippen molar-refractivity contribution in [2.24, 2.45) is 0 Å². The van der Waals surface area contributed by atoms with Gasteiger partial charge in [0.05, 0.1) is 23.6 Å². The fraction of sp³-hybridized carbons (Fsp3) is 0.240. The van der Waals surface area contributed by atoms with Crippen LogP contribution in [-0.2, 0) is 0 Å². The highest BCUT2D eigenvalue weighted by Crippen LogP contribution is 2.23. The highest BCUT2D eigenvalue weighted by Gasteiger charge is 2.28. The van der Waals surface area contributed by atoms with Crippen molar-refractivity contribution in [1.29, 1.82) is 0 Å². The number of carbonyl (C=O) groups is 1. The summed E-state index contributed by atoms with van der Waals surface area (Å²) in [4.78, 5) is 28.3. The van der Waals surface area contributed by atoms with E-state index in [2.05, 4.69) is 32.0 Å². The van der Waals surface area contributed by atoms with Crippen molar-refractivity contribution in [2.45, 2.75) is 19.4 Å². The monoisotopic (exact) mass is 473 g/mol. The van der Waals surface area contributed by atoms with Gasteiger partial charge < -0.3 is 9.80 Å². The molecule has 1 atom stereocenters. The third kappa shape index (κ3) is 4.49. The normalized spacial score (nSPS) is 16.4. The van der Waals surface area contributed by atoms with E-state index in [0.717, 1.165) is 24.1 Å². The summed E-state index contributed by atoms with van der Waals surface area (Å²) in [5, 5.41) is 9.10. The van der Waals surface area contributed by atoms with Crippen molar-refractivity contribution in [3.63, 3.8) is 0 Å². The zero-order valence-corrected chi connectivity index (χ0v) is 19.5. The van der Waals surface area contributed by atoms with Gasteiger partial charge >= 0.3 is 0 Å². The average Bonchev–Trinajstić information content (AvgIpc) is 3.34. The molecule has 1 fully saturated rings. The maximum absolute atomic E-state index is 13.5. The topological polar surface area (TPSA) is 80.0 Å². The molecule has 8 nitrogen and oxygen atoms in total. The molecular weight excluding hydrogens is 450 g/mol. The molecule has 9 heteroatoms. The van der Waals surface area contributed by atoms with Crippen LogP contribution in [0.5, 0.6) is 0 Å². The summed E-state index contributed by atoms with van der Waals surface area (Å²) in [6.07, 6.45) is 7.68. The van der Waals surface area contributed by atoms with E-state index in [1.54, 1.807) is 12.4 Å². The van der Waals surface area contributed by atoms with Crippen molar-refractivity contribution in [1.82, 2.24) is 29.9 Å². The van der Waals surface area contributed by atoms with Crippen molar-refractivity contribution >= 4 is 23.5 Å². The molecule has 0 aliphatic carbocycles. The lowest BCUT2D eigenvalue weighted by Gasteiger charge is -2.27. The van der Waals surface area contributed by atoms with Gasteiger partial charge in [-0.25, -0.2) is 9.97 Å². The van der Waals surface area contributed by atoms with Gasteiger partial charge in [0.25, 0.3) is 5.91 Å². The number of hydrogen-bond donors (Lipinski definition) is 0. The summed E-state index contributed by atoms with van der Waals surface area (Å²) in [5.41, 5.74) is 3.21. The van der Waals surface area contributed by atoms with Crippen LogP contribution in [0.3, 0.4) is 0 Å². The van der Waals surface area contributed by atoms with Crippen molar-refractivity contribution in [3.05, 3.63) is 83.9 Å². The molecule has 0 N–H and O–H groups in total. The molecule has 2 aromatic carbocycles. The number of aromatic nitrogens is 5. The van der Waals surface area contributed by atoms with Crippen LogP contribution in [0.15, 0.2) is 73.3 Å². The first kappa shape index (κ1) is 22.0. The van der Waals surface area contributed by atoms with Gasteiger partial charge in [-0.1, -0.05) is 35.9 Å². The minimum Gasteiger partial charge on any atom is -0.339 e. The van der Waals surface area contributed by atoms with Crippen molar-refractivity contribution < 1.29 is 4.79 Å².